The van der Waals surface area contributed by atoms with Gasteiger partial charge in [0.25, 0.3) is 0 Å². The van der Waals surface area contributed by atoms with E-state index in [1.54, 1.807) is 38.1 Å². The number of nitrogens with one attached hydrogen (secondary N) is 2. The quantitative estimate of drug-likeness (QED) is 0.602. The molecule has 27 heavy (non-hydrogen) atoms. The van der Waals surface area contributed by atoms with Crippen LogP contribution in [0.25, 0.3) is 0 Å². The predicted molar refractivity (Wildman–Crippen MR) is 98.0 cm³/mol. The van der Waals surface area contributed by atoms with Crippen LogP contribution < -0.4 is 5.32 Å². The molecule has 7 heteroatoms. The van der Waals surface area contributed by atoms with Gasteiger partial charge in [-0.1, -0.05) is 18.2 Å². The maximum Gasteiger partial charge on any atom is 0.307 e. The van der Waals surface area contributed by atoms with Gasteiger partial charge < -0.3 is 15.0 Å². The minimum atomic E-state index is -0.632. The number of anilines is 1. The molecule has 2 heterocycles. The first-order valence-electron chi connectivity index (χ1n) is 8.58. The Kier molecular flexibility index (Phi) is 4.94. The van der Waals surface area contributed by atoms with Crippen molar-refractivity contribution < 1.29 is 23.9 Å². The molecule has 0 radical (unpaired) electrons. The predicted octanol–water partition coefficient (Wildman–Crippen LogP) is 2.69. The molecule has 1 aromatic carbocycles. The highest BCUT2D eigenvalue weighted by atomic mass is 16.5. The van der Waals surface area contributed by atoms with Crippen LogP contribution in [0.3, 0.4) is 0 Å². The number of benzene rings is 1. The van der Waals surface area contributed by atoms with Crippen molar-refractivity contribution in [2.45, 2.75) is 33.1 Å². The van der Waals surface area contributed by atoms with E-state index in [1.807, 2.05) is 0 Å². The van der Waals surface area contributed by atoms with Crippen LogP contribution in [0.5, 0.6) is 0 Å². The molecular weight excluding hydrogens is 348 g/mol. The minimum Gasteiger partial charge on any atom is -0.457 e. The minimum absolute atomic E-state index is 0.136. The number of aromatic amines is 1. The zero-order valence-corrected chi connectivity index (χ0v) is 15.3. The number of carbonyl (C=O) groups excluding carboxylic acids is 4. The van der Waals surface area contributed by atoms with Crippen molar-refractivity contribution in [1.29, 1.82) is 0 Å². The van der Waals surface area contributed by atoms with Gasteiger partial charge in [0, 0.05) is 16.9 Å². The molecule has 0 spiro atoms. The van der Waals surface area contributed by atoms with Crippen LogP contribution >= 0.6 is 0 Å². The van der Waals surface area contributed by atoms with E-state index >= 15 is 0 Å². The van der Waals surface area contributed by atoms with Crippen LogP contribution in [0.15, 0.2) is 24.3 Å². The molecule has 0 saturated heterocycles. The summed E-state index contributed by atoms with van der Waals surface area (Å²) in [6, 6.07) is 7.15. The Morgan fingerprint density at radius 1 is 1.15 bits per heavy atom. The molecule has 1 aliphatic rings. The maximum atomic E-state index is 12.4. The number of aromatic nitrogens is 1. The van der Waals surface area contributed by atoms with Crippen LogP contribution in [0, 0.1) is 13.8 Å². The maximum absolute atomic E-state index is 12.4. The molecule has 0 aliphatic carbocycles. The molecule has 3 rings (SSSR count). The number of carbonyl (C=O) groups is 4. The highest BCUT2D eigenvalue weighted by Gasteiger charge is 2.32. The summed E-state index contributed by atoms with van der Waals surface area (Å²) in [5.41, 5.74) is 3.32. The Morgan fingerprint density at radius 2 is 1.85 bits per heavy atom. The number of hydrogen-bond acceptors (Lipinski definition) is 5. The lowest BCUT2D eigenvalue weighted by atomic mass is 9.97. The van der Waals surface area contributed by atoms with Gasteiger partial charge in [-0.2, -0.15) is 0 Å². The van der Waals surface area contributed by atoms with Crippen molar-refractivity contribution >= 4 is 29.1 Å². The molecule has 2 N–H and O–H groups in total. The number of para-hydroxylation sites is 1. The van der Waals surface area contributed by atoms with Gasteiger partial charge in [-0.3, -0.25) is 19.2 Å². The number of fused-ring (bicyclic) bond motifs is 1. The van der Waals surface area contributed by atoms with Gasteiger partial charge in [0.2, 0.25) is 11.7 Å². The van der Waals surface area contributed by atoms with E-state index in [9.17, 15) is 19.2 Å². The van der Waals surface area contributed by atoms with E-state index in [-0.39, 0.29) is 23.8 Å². The number of amides is 1. The monoisotopic (exact) mass is 368 g/mol. The lowest BCUT2D eigenvalue weighted by molar-refractivity contribution is -0.144. The van der Waals surface area contributed by atoms with Crippen molar-refractivity contribution in [3.8, 4) is 0 Å². The second-order valence-electron chi connectivity index (χ2n) is 6.60. The van der Waals surface area contributed by atoms with Crippen LogP contribution in [0.1, 0.15) is 56.9 Å². The van der Waals surface area contributed by atoms with Crippen molar-refractivity contribution in [3.05, 3.63) is 52.3 Å². The molecule has 1 atom stereocenters. The van der Waals surface area contributed by atoms with Crippen molar-refractivity contribution in [2.24, 2.45) is 0 Å². The Hall–Kier alpha value is -3.22. The van der Waals surface area contributed by atoms with E-state index in [2.05, 4.69) is 10.3 Å². The summed E-state index contributed by atoms with van der Waals surface area (Å²) in [7, 11) is 0. The first kappa shape index (κ1) is 18.6. The number of Topliss-reactive ketones (excluding diaryl/α,β-unsaturated/α-hetero) is 2. The first-order valence-corrected chi connectivity index (χ1v) is 8.58. The van der Waals surface area contributed by atoms with Gasteiger partial charge in [-0.05, 0) is 38.0 Å². The third-order valence-electron chi connectivity index (χ3n) is 4.71. The highest BCUT2D eigenvalue weighted by Crippen LogP contribution is 2.34. The van der Waals surface area contributed by atoms with E-state index < -0.39 is 24.3 Å². The molecule has 0 bridgehead atoms. The number of esters is 1. The van der Waals surface area contributed by atoms with Gasteiger partial charge in [0.05, 0.1) is 18.0 Å². The fourth-order valence-electron chi connectivity index (χ4n) is 3.48. The van der Waals surface area contributed by atoms with Gasteiger partial charge >= 0.3 is 5.97 Å². The smallest absolute Gasteiger partial charge is 0.307 e. The highest BCUT2D eigenvalue weighted by molar-refractivity contribution is 6.05. The van der Waals surface area contributed by atoms with Crippen LogP contribution in [-0.2, 0) is 14.3 Å². The van der Waals surface area contributed by atoms with Crippen molar-refractivity contribution in [3.63, 3.8) is 0 Å². The molecular formula is C20H20N2O5. The number of ketones is 2. The summed E-state index contributed by atoms with van der Waals surface area (Å²) in [6.45, 7) is 4.37. The Balaban J connectivity index is 1.63. The van der Waals surface area contributed by atoms with E-state index in [4.69, 9.17) is 4.74 Å². The number of hydrogen-bond donors (Lipinski definition) is 2. The fourth-order valence-corrected chi connectivity index (χ4v) is 3.48. The summed E-state index contributed by atoms with van der Waals surface area (Å²) in [4.78, 5) is 51.1. The van der Waals surface area contributed by atoms with Gasteiger partial charge in [0.1, 0.15) is 0 Å². The van der Waals surface area contributed by atoms with Crippen molar-refractivity contribution in [2.75, 3.05) is 11.9 Å². The van der Waals surface area contributed by atoms with Gasteiger partial charge in [-0.25, -0.2) is 0 Å². The fraction of sp³-hybridized carbons (Fsp3) is 0.300. The third kappa shape index (κ3) is 3.53. The molecule has 1 aliphatic heterocycles. The average molecular weight is 368 g/mol. The molecule has 2 aromatic rings. The molecule has 0 unspecified atom stereocenters. The SMILES string of the molecule is CC(=O)c1c(C)[nH]c(C(=O)COC(=O)C[C@@H]2C(=O)Nc3ccccc32)c1C. The summed E-state index contributed by atoms with van der Waals surface area (Å²) in [5.74, 6) is -2.08. The summed E-state index contributed by atoms with van der Waals surface area (Å²) < 4.78 is 5.07. The zero-order chi connectivity index (χ0) is 19.7. The standard InChI is InChI=1S/C20H20N2O5/c1-10-18(12(3)23)11(2)21-19(10)16(24)9-27-17(25)8-14-13-6-4-5-7-15(13)22-20(14)26/h4-7,14,21H,8-9H2,1-3H3,(H,22,26)/t14-/m0/s1. The largest absolute Gasteiger partial charge is 0.457 e. The Bertz CT molecular complexity index is 957. The van der Waals surface area contributed by atoms with E-state index in [0.29, 0.717) is 22.5 Å². The van der Waals surface area contributed by atoms with Gasteiger partial charge in [0.15, 0.2) is 12.4 Å². The Labute approximate surface area is 156 Å². The second-order valence-corrected chi connectivity index (χ2v) is 6.60. The van der Waals surface area contributed by atoms with Crippen LogP contribution in [0.4, 0.5) is 5.69 Å². The van der Waals surface area contributed by atoms with Crippen LogP contribution in [-0.4, -0.2) is 35.0 Å². The summed E-state index contributed by atoms with van der Waals surface area (Å²) in [6.07, 6.45) is -0.141. The molecule has 1 aromatic heterocycles. The molecule has 0 saturated carbocycles. The lowest BCUT2D eigenvalue weighted by Crippen LogP contribution is -2.20. The molecule has 0 fully saturated rings. The Morgan fingerprint density at radius 3 is 2.52 bits per heavy atom. The number of H-pyrrole nitrogens is 1. The third-order valence-corrected chi connectivity index (χ3v) is 4.71. The molecule has 140 valence electrons. The summed E-state index contributed by atoms with van der Waals surface area (Å²) >= 11 is 0. The topological polar surface area (TPSA) is 105 Å². The number of rotatable bonds is 6. The second kappa shape index (κ2) is 7.19. The van der Waals surface area contributed by atoms with E-state index in [0.717, 1.165) is 5.56 Å². The average Bonchev–Trinajstić information content (AvgIpc) is 3.09. The van der Waals surface area contributed by atoms with Crippen LogP contribution in [0.2, 0.25) is 0 Å². The normalized spacial score (nSPS) is 15.2. The lowest BCUT2D eigenvalue weighted by Gasteiger charge is -2.09. The molecule has 7 nitrogen and oxygen atoms in total. The first-order chi connectivity index (χ1) is 12.8. The molecule has 1 amide bonds. The summed E-state index contributed by atoms with van der Waals surface area (Å²) in [5, 5.41) is 2.72. The van der Waals surface area contributed by atoms with E-state index in [1.165, 1.54) is 6.92 Å². The number of ether oxygens (including phenoxy) is 1. The van der Waals surface area contributed by atoms with Gasteiger partial charge in [-0.15, -0.1) is 0 Å². The number of aryl methyl sites for hydroxylation is 1. The zero-order valence-electron chi connectivity index (χ0n) is 15.3. The van der Waals surface area contributed by atoms with Crippen molar-refractivity contribution in [1.82, 2.24) is 4.98 Å².